The molecular weight excluding hydrogens is 356 g/mol. The molecule has 1 N–H and O–H groups in total. The number of nitriles is 1. The summed E-state index contributed by atoms with van der Waals surface area (Å²) in [6.45, 7) is 4.23. The van der Waals surface area contributed by atoms with Crippen molar-refractivity contribution in [2.24, 2.45) is 0 Å². The lowest BCUT2D eigenvalue weighted by molar-refractivity contribution is -0.115. The third kappa shape index (κ3) is 5.70. The lowest BCUT2D eigenvalue weighted by atomic mass is 10.2. The van der Waals surface area contributed by atoms with Gasteiger partial charge in [-0.1, -0.05) is 17.7 Å². The van der Waals surface area contributed by atoms with Crippen LogP contribution < -0.4 is 10.1 Å². The van der Waals surface area contributed by atoms with Crippen LogP contribution in [0.5, 0.6) is 5.75 Å². The Morgan fingerprint density at radius 3 is 2.72 bits per heavy atom. The zero-order chi connectivity index (χ0) is 18.2. The standard InChI is InChI=1S/C19H19ClN2O2S/c1-13-17(20)4-3-5-18(13)22-19(23)14(2)25-11-10-24-16-8-6-15(12-21)7-9-16/h3-9,14H,10-11H2,1-2H3,(H,22,23)/t14-/m0/s1. The number of carbonyl (C=O) groups is 1. The molecule has 2 aromatic carbocycles. The van der Waals surface area contributed by atoms with Crippen LogP contribution in [0.25, 0.3) is 0 Å². The number of hydrogen-bond donors (Lipinski definition) is 1. The molecule has 0 saturated carbocycles. The van der Waals surface area contributed by atoms with Gasteiger partial charge in [0.25, 0.3) is 0 Å². The predicted molar refractivity (Wildman–Crippen MR) is 103 cm³/mol. The fourth-order valence-electron chi connectivity index (χ4n) is 2.06. The summed E-state index contributed by atoms with van der Waals surface area (Å²) >= 11 is 7.58. The van der Waals surface area contributed by atoms with Gasteiger partial charge >= 0.3 is 0 Å². The van der Waals surface area contributed by atoms with Gasteiger partial charge in [-0.2, -0.15) is 5.26 Å². The summed E-state index contributed by atoms with van der Waals surface area (Å²) in [4.78, 5) is 12.3. The summed E-state index contributed by atoms with van der Waals surface area (Å²) in [5.41, 5.74) is 2.20. The molecule has 0 bridgehead atoms. The summed E-state index contributed by atoms with van der Waals surface area (Å²) in [6, 6.07) is 14.5. The third-order valence-corrected chi connectivity index (χ3v) is 5.12. The van der Waals surface area contributed by atoms with Crippen molar-refractivity contribution in [2.45, 2.75) is 19.1 Å². The van der Waals surface area contributed by atoms with Gasteiger partial charge in [-0.25, -0.2) is 0 Å². The SMILES string of the molecule is Cc1c(Cl)cccc1NC(=O)[C@H](C)SCCOc1ccc(C#N)cc1. The summed E-state index contributed by atoms with van der Waals surface area (Å²) in [5, 5.41) is 12.1. The maximum Gasteiger partial charge on any atom is 0.237 e. The predicted octanol–water partition coefficient (Wildman–Crippen LogP) is 4.66. The van der Waals surface area contributed by atoms with Crippen LogP contribution in [0.4, 0.5) is 5.69 Å². The second kappa shape index (κ2) is 9.36. The molecule has 0 aliphatic carbocycles. The molecule has 0 aliphatic heterocycles. The van der Waals surface area contributed by atoms with Crippen molar-refractivity contribution in [1.29, 1.82) is 5.26 Å². The van der Waals surface area contributed by atoms with Crippen LogP contribution in [0.1, 0.15) is 18.1 Å². The number of carbonyl (C=O) groups excluding carboxylic acids is 1. The van der Waals surface area contributed by atoms with Gasteiger partial charge in [-0.05, 0) is 55.8 Å². The summed E-state index contributed by atoms with van der Waals surface area (Å²) in [7, 11) is 0. The second-order valence-electron chi connectivity index (χ2n) is 5.40. The third-order valence-electron chi connectivity index (χ3n) is 3.60. The zero-order valence-electron chi connectivity index (χ0n) is 14.1. The van der Waals surface area contributed by atoms with E-state index in [2.05, 4.69) is 11.4 Å². The zero-order valence-corrected chi connectivity index (χ0v) is 15.7. The van der Waals surface area contributed by atoms with Gasteiger partial charge in [0.1, 0.15) is 5.75 Å². The Morgan fingerprint density at radius 1 is 1.32 bits per heavy atom. The molecule has 0 saturated heterocycles. The minimum Gasteiger partial charge on any atom is -0.493 e. The van der Waals surface area contributed by atoms with Gasteiger partial charge in [-0.3, -0.25) is 4.79 Å². The van der Waals surface area contributed by atoms with Crippen LogP contribution in [0.3, 0.4) is 0 Å². The average molecular weight is 375 g/mol. The molecule has 0 unspecified atom stereocenters. The molecule has 1 amide bonds. The van der Waals surface area contributed by atoms with Gasteiger partial charge in [0.15, 0.2) is 0 Å². The highest BCUT2D eigenvalue weighted by molar-refractivity contribution is 8.00. The molecule has 6 heteroatoms. The number of halogens is 1. The van der Waals surface area contributed by atoms with Crippen molar-refractivity contribution in [1.82, 2.24) is 0 Å². The molecular formula is C19H19ClN2O2S. The number of anilines is 1. The number of amides is 1. The smallest absolute Gasteiger partial charge is 0.237 e. The number of benzene rings is 2. The Bertz CT molecular complexity index is 772. The number of thioether (sulfide) groups is 1. The van der Waals surface area contributed by atoms with Crippen LogP contribution >= 0.6 is 23.4 Å². The molecule has 0 radical (unpaired) electrons. The molecule has 2 rings (SSSR count). The second-order valence-corrected chi connectivity index (χ2v) is 7.26. The maximum absolute atomic E-state index is 12.3. The first-order chi connectivity index (χ1) is 12.0. The number of nitrogens with zero attached hydrogens (tertiary/aromatic N) is 1. The maximum atomic E-state index is 12.3. The monoisotopic (exact) mass is 374 g/mol. The van der Waals surface area contributed by atoms with E-state index in [0.717, 1.165) is 11.3 Å². The number of nitrogens with one attached hydrogen (secondary N) is 1. The van der Waals surface area contributed by atoms with Crippen LogP contribution in [-0.2, 0) is 4.79 Å². The van der Waals surface area contributed by atoms with Gasteiger partial charge in [0.2, 0.25) is 5.91 Å². The first kappa shape index (κ1) is 19.2. The molecule has 2 aromatic rings. The normalized spacial score (nSPS) is 11.4. The summed E-state index contributed by atoms with van der Waals surface area (Å²) in [5.74, 6) is 1.34. The van der Waals surface area contributed by atoms with Crippen LogP contribution in [0, 0.1) is 18.3 Å². The highest BCUT2D eigenvalue weighted by Crippen LogP contribution is 2.24. The van der Waals surface area contributed by atoms with Crippen LogP contribution in [0.2, 0.25) is 5.02 Å². The fraction of sp³-hybridized carbons (Fsp3) is 0.263. The quantitative estimate of drug-likeness (QED) is 0.716. The van der Waals surface area contributed by atoms with E-state index in [0.29, 0.717) is 28.7 Å². The number of ether oxygens (including phenoxy) is 1. The topological polar surface area (TPSA) is 62.1 Å². The van der Waals surface area contributed by atoms with Crippen LogP contribution in [-0.4, -0.2) is 23.5 Å². The van der Waals surface area contributed by atoms with Crippen molar-refractivity contribution in [2.75, 3.05) is 17.7 Å². The molecule has 0 heterocycles. The fourth-order valence-corrected chi connectivity index (χ4v) is 2.98. The lowest BCUT2D eigenvalue weighted by Gasteiger charge is -2.14. The minimum absolute atomic E-state index is 0.0614. The van der Waals surface area contributed by atoms with E-state index in [1.807, 2.05) is 26.0 Å². The van der Waals surface area contributed by atoms with E-state index < -0.39 is 0 Å². The van der Waals surface area contributed by atoms with E-state index >= 15 is 0 Å². The minimum atomic E-state index is -0.206. The highest BCUT2D eigenvalue weighted by Gasteiger charge is 2.15. The van der Waals surface area contributed by atoms with Gasteiger partial charge in [0, 0.05) is 16.5 Å². The molecule has 0 fully saturated rings. The van der Waals surface area contributed by atoms with Crippen LogP contribution in [0.15, 0.2) is 42.5 Å². The molecule has 0 aromatic heterocycles. The van der Waals surface area contributed by atoms with Crippen molar-refractivity contribution < 1.29 is 9.53 Å². The molecule has 0 spiro atoms. The Balaban J connectivity index is 1.75. The number of hydrogen-bond acceptors (Lipinski definition) is 4. The van der Waals surface area contributed by atoms with E-state index in [-0.39, 0.29) is 11.2 Å². The summed E-state index contributed by atoms with van der Waals surface area (Å²) in [6.07, 6.45) is 0. The van der Waals surface area contributed by atoms with E-state index in [4.69, 9.17) is 21.6 Å². The average Bonchev–Trinajstić information content (AvgIpc) is 2.62. The molecule has 1 atom stereocenters. The molecule has 0 aliphatic rings. The van der Waals surface area contributed by atoms with Gasteiger partial charge in [0.05, 0.1) is 23.5 Å². The largest absolute Gasteiger partial charge is 0.493 e. The first-order valence-electron chi connectivity index (χ1n) is 7.82. The van der Waals surface area contributed by atoms with Crippen molar-refractivity contribution in [3.05, 3.63) is 58.6 Å². The molecule has 4 nitrogen and oxygen atoms in total. The van der Waals surface area contributed by atoms with Crippen molar-refractivity contribution in [3.8, 4) is 11.8 Å². The summed E-state index contributed by atoms with van der Waals surface area (Å²) < 4.78 is 5.61. The molecule has 25 heavy (non-hydrogen) atoms. The Labute approximate surface area is 157 Å². The van der Waals surface area contributed by atoms with E-state index in [1.54, 1.807) is 30.3 Å². The molecule has 130 valence electrons. The lowest BCUT2D eigenvalue weighted by Crippen LogP contribution is -2.23. The Kier molecular flexibility index (Phi) is 7.17. The van der Waals surface area contributed by atoms with Gasteiger partial charge < -0.3 is 10.1 Å². The van der Waals surface area contributed by atoms with Crippen molar-refractivity contribution >= 4 is 35.0 Å². The van der Waals surface area contributed by atoms with Gasteiger partial charge in [-0.15, -0.1) is 11.8 Å². The van der Waals surface area contributed by atoms with E-state index in [9.17, 15) is 4.79 Å². The van der Waals surface area contributed by atoms with Crippen molar-refractivity contribution in [3.63, 3.8) is 0 Å². The Morgan fingerprint density at radius 2 is 2.04 bits per heavy atom. The number of rotatable bonds is 7. The van der Waals surface area contributed by atoms with E-state index in [1.165, 1.54) is 11.8 Å². The Hall–Kier alpha value is -2.16. The highest BCUT2D eigenvalue weighted by atomic mass is 35.5. The first-order valence-corrected chi connectivity index (χ1v) is 9.24.